The molecule has 4 heteroatoms. The summed E-state index contributed by atoms with van der Waals surface area (Å²) in [4.78, 5) is 4.68. The van der Waals surface area contributed by atoms with Gasteiger partial charge >= 0.3 is 0 Å². The number of hydrogen-bond donors (Lipinski definition) is 1. The van der Waals surface area contributed by atoms with Crippen LogP contribution in [0.3, 0.4) is 0 Å². The van der Waals surface area contributed by atoms with Gasteiger partial charge in [-0.2, -0.15) is 0 Å². The molecule has 3 rings (SSSR count). The van der Waals surface area contributed by atoms with Gasteiger partial charge in [-0.15, -0.1) is 0 Å². The fourth-order valence-electron chi connectivity index (χ4n) is 3.04. The molecule has 0 unspecified atom stereocenters. The SMILES string of the molecule is Cc1cccc(NC(=S)N2CCN(C)C[C@@H]2c2ccccc2)c1. The fraction of sp³-hybridized carbons (Fsp3) is 0.316. The standard InChI is InChI=1S/C19H23N3S/c1-15-7-6-10-17(13-15)20-19(23)22-12-11-21(2)14-18(22)16-8-4-3-5-9-16/h3-10,13,18H,11-12,14H2,1-2H3,(H,20,23)/t18-/m1/s1. The van der Waals surface area contributed by atoms with Gasteiger partial charge in [0, 0.05) is 25.3 Å². The van der Waals surface area contributed by atoms with Crippen LogP contribution < -0.4 is 5.32 Å². The first-order valence-corrected chi connectivity index (χ1v) is 8.42. The number of hydrogen-bond acceptors (Lipinski definition) is 2. The van der Waals surface area contributed by atoms with Crippen molar-refractivity contribution in [1.29, 1.82) is 0 Å². The van der Waals surface area contributed by atoms with Crippen molar-refractivity contribution in [1.82, 2.24) is 9.80 Å². The lowest BCUT2D eigenvalue weighted by atomic mass is 10.0. The summed E-state index contributed by atoms with van der Waals surface area (Å²) in [6.07, 6.45) is 0. The first-order valence-electron chi connectivity index (χ1n) is 8.01. The lowest BCUT2D eigenvalue weighted by molar-refractivity contribution is 0.153. The molecular formula is C19H23N3S. The molecule has 1 heterocycles. The predicted molar refractivity (Wildman–Crippen MR) is 101 cm³/mol. The Bertz CT molecular complexity index is 671. The van der Waals surface area contributed by atoms with Crippen LogP contribution in [-0.2, 0) is 0 Å². The Labute approximate surface area is 143 Å². The fourth-order valence-corrected chi connectivity index (χ4v) is 3.38. The number of rotatable bonds is 2. The number of nitrogens with zero attached hydrogens (tertiary/aromatic N) is 2. The molecule has 1 saturated heterocycles. The van der Waals surface area contributed by atoms with E-state index in [1.807, 2.05) is 0 Å². The Morgan fingerprint density at radius 1 is 1.09 bits per heavy atom. The van der Waals surface area contributed by atoms with Crippen LogP contribution in [0.4, 0.5) is 5.69 Å². The lowest BCUT2D eigenvalue weighted by Crippen LogP contribution is -2.50. The summed E-state index contributed by atoms with van der Waals surface area (Å²) in [5.41, 5.74) is 3.60. The molecular weight excluding hydrogens is 302 g/mol. The third-order valence-corrected chi connectivity index (χ3v) is 4.63. The van der Waals surface area contributed by atoms with Crippen molar-refractivity contribution in [3.63, 3.8) is 0 Å². The van der Waals surface area contributed by atoms with Crippen molar-refractivity contribution in [2.45, 2.75) is 13.0 Å². The number of likely N-dealkylation sites (N-methyl/N-ethyl adjacent to an activating group) is 1. The molecule has 0 bridgehead atoms. The number of anilines is 1. The summed E-state index contributed by atoms with van der Waals surface area (Å²) in [5, 5.41) is 4.21. The zero-order valence-electron chi connectivity index (χ0n) is 13.7. The second kappa shape index (κ2) is 7.11. The molecule has 3 nitrogen and oxygen atoms in total. The molecule has 1 fully saturated rings. The van der Waals surface area contributed by atoms with Gasteiger partial charge < -0.3 is 15.1 Å². The zero-order chi connectivity index (χ0) is 16.2. The number of benzene rings is 2. The molecule has 1 aliphatic rings. The Kier molecular flexibility index (Phi) is 4.94. The highest BCUT2D eigenvalue weighted by Gasteiger charge is 2.28. The summed E-state index contributed by atoms with van der Waals surface area (Å²) < 4.78 is 0. The summed E-state index contributed by atoms with van der Waals surface area (Å²) in [6, 6.07) is 19.3. The minimum atomic E-state index is 0.291. The third kappa shape index (κ3) is 3.89. The quantitative estimate of drug-likeness (QED) is 0.849. The highest BCUT2D eigenvalue weighted by molar-refractivity contribution is 7.80. The molecule has 120 valence electrons. The van der Waals surface area contributed by atoms with E-state index in [0.717, 1.165) is 30.4 Å². The normalized spacial score (nSPS) is 18.7. The van der Waals surface area contributed by atoms with E-state index in [9.17, 15) is 0 Å². The Morgan fingerprint density at radius 2 is 1.87 bits per heavy atom. The molecule has 0 aromatic heterocycles. The van der Waals surface area contributed by atoms with E-state index in [1.165, 1.54) is 11.1 Å². The van der Waals surface area contributed by atoms with E-state index >= 15 is 0 Å². The molecule has 2 aromatic carbocycles. The van der Waals surface area contributed by atoms with Gasteiger partial charge in [-0.1, -0.05) is 42.5 Å². The van der Waals surface area contributed by atoms with E-state index < -0.39 is 0 Å². The van der Waals surface area contributed by atoms with E-state index in [2.05, 4.69) is 83.7 Å². The van der Waals surface area contributed by atoms with Crippen molar-refractivity contribution >= 4 is 23.0 Å². The van der Waals surface area contributed by atoms with Crippen molar-refractivity contribution in [2.24, 2.45) is 0 Å². The Morgan fingerprint density at radius 3 is 2.61 bits per heavy atom. The third-order valence-electron chi connectivity index (χ3n) is 4.30. The minimum Gasteiger partial charge on any atom is -0.339 e. The van der Waals surface area contributed by atoms with Crippen molar-refractivity contribution in [3.05, 3.63) is 65.7 Å². The summed E-state index contributed by atoms with van der Waals surface area (Å²) >= 11 is 5.71. The molecule has 0 aliphatic carbocycles. The van der Waals surface area contributed by atoms with E-state index in [-0.39, 0.29) is 0 Å². The second-order valence-corrected chi connectivity index (χ2v) is 6.57. The summed E-state index contributed by atoms with van der Waals surface area (Å²) in [5.74, 6) is 0. The predicted octanol–water partition coefficient (Wildman–Crippen LogP) is 3.68. The molecule has 0 radical (unpaired) electrons. The van der Waals surface area contributed by atoms with Gasteiger partial charge in [0.1, 0.15) is 0 Å². The van der Waals surface area contributed by atoms with Crippen LogP contribution in [0.5, 0.6) is 0 Å². The summed E-state index contributed by atoms with van der Waals surface area (Å²) in [7, 11) is 2.17. The van der Waals surface area contributed by atoms with Crippen LogP contribution in [0, 0.1) is 6.92 Å². The van der Waals surface area contributed by atoms with E-state index in [1.54, 1.807) is 0 Å². The van der Waals surface area contributed by atoms with Crippen LogP contribution in [0.15, 0.2) is 54.6 Å². The van der Waals surface area contributed by atoms with Crippen LogP contribution in [-0.4, -0.2) is 41.6 Å². The Balaban J connectivity index is 1.79. The monoisotopic (exact) mass is 325 g/mol. The smallest absolute Gasteiger partial charge is 0.174 e. The van der Waals surface area contributed by atoms with Gasteiger partial charge in [0.2, 0.25) is 0 Å². The minimum absolute atomic E-state index is 0.291. The Hall–Kier alpha value is -1.91. The average Bonchev–Trinajstić information content (AvgIpc) is 2.55. The zero-order valence-corrected chi connectivity index (χ0v) is 14.5. The van der Waals surface area contributed by atoms with Crippen LogP contribution in [0.2, 0.25) is 0 Å². The number of thiocarbonyl (C=S) groups is 1. The summed E-state index contributed by atoms with van der Waals surface area (Å²) in [6.45, 7) is 5.04. The van der Waals surface area contributed by atoms with Crippen molar-refractivity contribution < 1.29 is 0 Å². The van der Waals surface area contributed by atoms with E-state index in [4.69, 9.17) is 12.2 Å². The van der Waals surface area contributed by atoms with Gasteiger partial charge in [-0.25, -0.2) is 0 Å². The number of nitrogens with one attached hydrogen (secondary N) is 1. The van der Waals surface area contributed by atoms with Gasteiger partial charge in [-0.05, 0) is 49.4 Å². The van der Waals surface area contributed by atoms with Crippen LogP contribution in [0.1, 0.15) is 17.2 Å². The average molecular weight is 325 g/mol. The molecule has 1 N–H and O–H groups in total. The molecule has 1 atom stereocenters. The first-order chi connectivity index (χ1) is 11.1. The van der Waals surface area contributed by atoms with Gasteiger partial charge in [0.15, 0.2) is 5.11 Å². The van der Waals surface area contributed by atoms with Gasteiger partial charge in [-0.3, -0.25) is 0 Å². The maximum atomic E-state index is 5.71. The largest absolute Gasteiger partial charge is 0.339 e. The van der Waals surface area contributed by atoms with Gasteiger partial charge in [0.05, 0.1) is 6.04 Å². The molecule has 0 saturated carbocycles. The molecule has 2 aromatic rings. The van der Waals surface area contributed by atoms with Gasteiger partial charge in [0.25, 0.3) is 0 Å². The van der Waals surface area contributed by atoms with Crippen molar-refractivity contribution in [2.75, 3.05) is 32.0 Å². The number of aryl methyl sites for hydroxylation is 1. The molecule has 0 spiro atoms. The highest BCUT2D eigenvalue weighted by atomic mass is 32.1. The maximum absolute atomic E-state index is 5.71. The first kappa shape index (κ1) is 16.0. The highest BCUT2D eigenvalue weighted by Crippen LogP contribution is 2.25. The maximum Gasteiger partial charge on any atom is 0.174 e. The second-order valence-electron chi connectivity index (χ2n) is 6.18. The topological polar surface area (TPSA) is 18.5 Å². The lowest BCUT2D eigenvalue weighted by Gasteiger charge is -2.41. The van der Waals surface area contributed by atoms with Crippen molar-refractivity contribution in [3.8, 4) is 0 Å². The van der Waals surface area contributed by atoms with E-state index in [0.29, 0.717) is 6.04 Å². The molecule has 23 heavy (non-hydrogen) atoms. The molecule has 1 aliphatic heterocycles. The number of piperazine rings is 1. The molecule has 0 amide bonds. The van der Waals surface area contributed by atoms with Crippen LogP contribution in [0.25, 0.3) is 0 Å². The van der Waals surface area contributed by atoms with Crippen LogP contribution >= 0.6 is 12.2 Å².